The van der Waals surface area contributed by atoms with Gasteiger partial charge in [0.2, 0.25) is 10.0 Å². The molecule has 19 heavy (non-hydrogen) atoms. The Morgan fingerprint density at radius 3 is 2.42 bits per heavy atom. The summed E-state index contributed by atoms with van der Waals surface area (Å²) in [6.07, 6.45) is 0.827. The van der Waals surface area contributed by atoms with Crippen LogP contribution in [0.15, 0.2) is 17.0 Å². The molecule has 6 heteroatoms. The van der Waals surface area contributed by atoms with Gasteiger partial charge in [-0.3, -0.25) is 0 Å². The van der Waals surface area contributed by atoms with Gasteiger partial charge < -0.3 is 10.1 Å². The lowest BCUT2D eigenvalue weighted by atomic mass is 10.1. The van der Waals surface area contributed by atoms with E-state index in [4.69, 9.17) is 4.74 Å². The molecule has 1 fully saturated rings. The minimum atomic E-state index is -3.48. The van der Waals surface area contributed by atoms with Crippen molar-refractivity contribution in [3.05, 3.63) is 23.3 Å². The van der Waals surface area contributed by atoms with E-state index in [1.54, 1.807) is 33.1 Å². The topological polar surface area (TPSA) is 67.4 Å². The van der Waals surface area contributed by atoms with Crippen molar-refractivity contribution < 1.29 is 13.2 Å². The molecule has 0 saturated carbocycles. The lowest BCUT2D eigenvalue weighted by molar-refractivity contribution is 0.413. The third-order valence-electron chi connectivity index (χ3n) is 3.32. The predicted octanol–water partition coefficient (Wildman–Crippen LogP) is 0.952. The Kier molecular flexibility index (Phi) is 4.13. The Labute approximate surface area is 114 Å². The lowest BCUT2D eigenvalue weighted by Gasteiger charge is -2.16. The molecule has 0 radical (unpaired) electrons. The van der Waals surface area contributed by atoms with Crippen molar-refractivity contribution in [2.45, 2.75) is 31.2 Å². The van der Waals surface area contributed by atoms with Crippen molar-refractivity contribution in [2.24, 2.45) is 0 Å². The molecule has 1 aliphatic rings. The number of ether oxygens (including phenoxy) is 1. The van der Waals surface area contributed by atoms with E-state index in [9.17, 15) is 8.42 Å². The number of hydrogen-bond acceptors (Lipinski definition) is 4. The average molecular weight is 284 g/mol. The van der Waals surface area contributed by atoms with Gasteiger partial charge in [0.15, 0.2) is 0 Å². The standard InChI is InChI=1S/C13H20N2O3S/c1-9-6-12(18-3)7-10(2)13(9)19(16,17)15-11-4-5-14-8-11/h6-7,11,14-15H,4-5,8H2,1-3H3/t11-/m1/s1. The number of rotatable bonds is 4. The number of hydrogen-bond donors (Lipinski definition) is 2. The van der Waals surface area contributed by atoms with Crippen molar-refractivity contribution in [2.75, 3.05) is 20.2 Å². The molecule has 1 atom stereocenters. The van der Waals surface area contributed by atoms with Crippen LogP contribution < -0.4 is 14.8 Å². The Hall–Kier alpha value is -1.11. The molecule has 0 spiro atoms. The fraction of sp³-hybridized carbons (Fsp3) is 0.538. The molecule has 1 aliphatic heterocycles. The zero-order valence-electron chi connectivity index (χ0n) is 11.5. The SMILES string of the molecule is COc1cc(C)c(S(=O)(=O)N[C@@H]2CCNC2)c(C)c1. The summed E-state index contributed by atoms with van der Waals surface area (Å²) in [5.74, 6) is 0.677. The molecule has 106 valence electrons. The second kappa shape index (κ2) is 5.48. The molecule has 0 aromatic heterocycles. The number of sulfonamides is 1. The van der Waals surface area contributed by atoms with Crippen LogP contribution in [-0.2, 0) is 10.0 Å². The fourth-order valence-electron chi connectivity index (χ4n) is 2.49. The summed E-state index contributed by atoms with van der Waals surface area (Å²) in [6.45, 7) is 5.12. The minimum absolute atomic E-state index is 0.0223. The molecule has 1 aromatic carbocycles. The maximum Gasteiger partial charge on any atom is 0.241 e. The molecular formula is C13H20N2O3S. The Balaban J connectivity index is 2.34. The average Bonchev–Trinajstić information content (AvgIpc) is 2.79. The number of benzene rings is 1. The quantitative estimate of drug-likeness (QED) is 0.864. The molecule has 1 aromatic rings. The second-order valence-corrected chi connectivity index (χ2v) is 6.55. The van der Waals surface area contributed by atoms with Gasteiger partial charge in [-0.25, -0.2) is 13.1 Å². The normalized spacial score (nSPS) is 19.6. The van der Waals surface area contributed by atoms with Gasteiger partial charge in [-0.2, -0.15) is 0 Å². The van der Waals surface area contributed by atoms with E-state index in [0.29, 0.717) is 28.3 Å². The van der Waals surface area contributed by atoms with Crippen LogP contribution in [-0.4, -0.2) is 34.7 Å². The highest BCUT2D eigenvalue weighted by molar-refractivity contribution is 7.89. The van der Waals surface area contributed by atoms with Crippen molar-refractivity contribution in [3.8, 4) is 5.75 Å². The van der Waals surface area contributed by atoms with E-state index in [1.165, 1.54) is 0 Å². The third kappa shape index (κ3) is 3.08. The zero-order valence-corrected chi connectivity index (χ0v) is 12.3. The monoisotopic (exact) mass is 284 g/mol. The summed E-state index contributed by atoms with van der Waals surface area (Å²) < 4.78 is 32.8. The maximum atomic E-state index is 12.4. The van der Waals surface area contributed by atoms with Crippen molar-refractivity contribution in [3.63, 3.8) is 0 Å². The second-order valence-electron chi connectivity index (χ2n) is 4.90. The molecule has 1 heterocycles. The van der Waals surface area contributed by atoms with Crippen molar-refractivity contribution in [1.82, 2.24) is 10.0 Å². The third-order valence-corrected chi connectivity index (χ3v) is 5.15. The van der Waals surface area contributed by atoms with Gasteiger partial charge in [-0.1, -0.05) is 0 Å². The summed E-state index contributed by atoms with van der Waals surface area (Å²) in [4.78, 5) is 0.361. The summed E-state index contributed by atoms with van der Waals surface area (Å²) in [5.41, 5.74) is 1.41. The largest absolute Gasteiger partial charge is 0.497 e. The van der Waals surface area contributed by atoms with Gasteiger partial charge in [-0.05, 0) is 50.1 Å². The van der Waals surface area contributed by atoms with Crippen LogP contribution in [0.3, 0.4) is 0 Å². The van der Waals surface area contributed by atoms with Gasteiger partial charge in [0.05, 0.1) is 12.0 Å². The molecule has 2 rings (SSSR count). The van der Waals surface area contributed by atoms with Crippen LogP contribution in [0.2, 0.25) is 0 Å². The van der Waals surface area contributed by atoms with Gasteiger partial charge in [-0.15, -0.1) is 0 Å². The first-order chi connectivity index (χ1) is 8.94. The van der Waals surface area contributed by atoms with Crippen LogP contribution in [0.4, 0.5) is 0 Å². The fourth-order valence-corrected chi connectivity index (χ4v) is 4.21. The molecule has 0 aliphatic carbocycles. The van der Waals surface area contributed by atoms with Crippen molar-refractivity contribution in [1.29, 1.82) is 0 Å². The van der Waals surface area contributed by atoms with E-state index in [0.717, 1.165) is 13.0 Å². The molecular weight excluding hydrogens is 264 g/mol. The van der Waals surface area contributed by atoms with Gasteiger partial charge in [0.25, 0.3) is 0 Å². The minimum Gasteiger partial charge on any atom is -0.497 e. The Bertz CT molecular complexity index is 540. The van der Waals surface area contributed by atoms with E-state index in [2.05, 4.69) is 10.0 Å². The first-order valence-corrected chi connectivity index (χ1v) is 7.80. The lowest BCUT2D eigenvalue weighted by Crippen LogP contribution is -2.36. The maximum absolute atomic E-state index is 12.4. The highest BCUT2D eigenvalue weighted by atomic mass is 32.2. The summed E-state index contributed by atoms with van der Waals surface area (Å²) in [6, 6.07) is 3.47. The smallest absolute Gasteiger partial charge is 0.241 e. The summed E-state index contributed by atoms with van der Waals surface area (Å²) in [7, 11) is -1.90. The number of nitrogens with one attached hydrogen (secondary N) is 2. The zero-order chi connectivity index (χ0) is 14.0. The van der Waals surface area contributed by atoms with E-state index in [1.807, 2.05) is 0 Å². The van der Waals surface area contributed by atoms with Crippen LogP contribution in [0.5, 0.6) is 5.75 Å². The molecule has 0 bridgehead atoms. The van der Waals surface area contributed by atoms with Gasteiger partial charge in [0, 0.05) is 12.6 Å². The summed E-state index contributed by atoms with van der Waals surface area (Å²) >= 11 is 0. The highest BCUT2D eigenvalue weighted by Gasteiger charge is 2.25. The van der Waals surface area contributed by atoms with Crippen LogP contribution >= 0.6 is 0 Å². The Morgan fingerprint density at radius 1 is 1.32 bits per heavy atom. The van der Waals surface area contributed by atoms with Crippen LogP contribution in [0.1, 0.15) is 17.5 Å². The van der Waals surface area contributed by atoms with Crippen molar-refractivity contribution >= 4 is 10.0 Å². The number of aryl methyl sites for hydroxylation is 2. The van der Waals surface area contributed by atoms with E-state index in [-0.39, 0.29) is 6.04 Å². The van der Waals surface area contributed by atoms with Crippen LogP contribution in [0, 0.1) is 13.8 Å². The molecule has 1 saturated heterocycles. The summed E-state index contributed by atoms with van der Waals surface area (Å²) in [5, 5.41) is 3.15. The molecule has 5 nitrogen and oxygen atoms in total. The van der Waals surface area contributed by atoms with Crippen LogP contribution in [0.25, 0.3) is 0 Å². The first-order valence-electron chi connectivity index (χ1n) is 6.32. The van der Waals surface area contributed by atoms with E-state index >= 15 is 0 Å². The molecule has 0 unspecified atom stereocenters. The molecule has 0 amide bonds. The van der Waals surface area contributed by atoms with E-state index < -0.39 is 10.0 Å². The Morgan fingerprint density at radius 2 is 1.95 bits per heavy atom. The number of methoxy groups -OCH3 is 1. The van der Waals surface area contributed by atoms with Gasteiger partial charge in [0.1, 0.15) is 5.75 Å². The predicted molar refractivity (Wildman–Crippen MR) is 74.1 cm³/mol. The first kappa shape index (κ1) is 14.3. The highest BCUT2D eigenvalue weighted by Crippen LogP contribution is 2.25. The van der Waals surface area contributed by atoms with Gasteiger partial charge >= 0.3 is 0 Å². The molecule has 2 N–H and O–H groups in total.